The van der Waals surface area contributed by atoms with Crippen molar-refractivity contribution in [1.82, 2.24) is 9.38 Å². The summed E-state index contributed by atoms with van der Waals surface area (Å²) >= 11 is 7.41. The quantitative estimate of drug-likeness (QED) is 0.693. The topological polar surface area (TPSA) is 43.6 Å². The molecule has 0 aliphatic rings. The van der Waals surface area contributed by atoms with Crippen molar-refractivity contribution >= 4 is 33.9 Å². The molecule has 4 nitrogen and oxygen atoms in total. The van der Waals surface area contributed by atoms with Gasteiger partial charge in [-0.2, -0.15) is 0 Å². The Morgan fingerprint density at radius 3 is 3.05 bits per heavy atom. The Bertz CT molecular complexity index is 778. The first-order chi connectivity index (χ1) is 9.66. The summed E-state index contributed by atoms with van der Waals surface area (Å²) in [4.78, 5) is 17.0. The lowest BCUT2D eigenvalue weighted by molar-refractivity contribution is 0.0464. The van der Waals surface area contributed by atoms with Crippen molar-refractivity contribution in [3.05, 3.63) is 57.8 Å². The molecule has 0 radical (unpaired) electrons. The van der Waals surface area contributed by atoms with Crippen LogP contribution in [-0.4, -0.2) is 15.4 Å². The van der Waals surface area contributed by atoms with Crippen LogP contribution in [0.2, 0.25) is 5.15 Å². The average Bonchev–Trinajstić information content (AvgIpc) is 2.97. The lowest BCUT2D eigenvalue weighted by Gasteiger charge is -2.07. The van der Waals surface area contributed by atoms with Crippen LogP contribution >= 0.6 is 22.9 Å². The molecule has 2 aromatic heterocycles. The molecule has 102 valence electrons. The molecule has 0 unspecified atom stereocenters. The first-order valence-corrected chi connectivity index (χ1v) is 7.25. The Balaban J connectivity index is 1.82. The van der Waals surface area contributed by atoms with Gasteiger partial charge in [0.1, 0.15) is 6.61 Å². The van der Waals surface area contributed by atoms with Crippen LogP contribution in [0.1, 0.15) is 21.6 Å². The highest BCUT2D eigenvalue weighted by atomic mass is 35.5. The van der Waals surface area contributed by atoms with E-state index >= 15 is 0 Å². The fourth-order valence-corrected chi connectivity index (χ4v) is 2.94. The van der Waals surface area contributed by atoms with Crippen molar-refractivity contribution in [3.8, 4) is 0 Å². The number of benzene rings is 1. The number of hydrogen-bond donors (Lipinski definition) is 0. The lowest BCUT2D eigenvalue weighted by Crippen LogP contribution is -2.09. The maximum atomic E-state index is 12.2. The number of rotatable bonds is 3. The predicted molar refractivity (Wildman–Crippen MR) is 78.4 cm³/mol. The Hall–Kier alpha value is -1.85. The summed E-state index contributed by atoms with van der Waals surface area (Å²) in [5.41, 5.74) is 2.33. The second kappa shape index (κ2) is 5.26. The third kappa shape index (κ3) is 2.30. The Morgan fingerprint density at radius 1 is 1.45 bits per heavy atom. The van der Waals surface area contributed by atoms with Gasteiger partial charge in [0.15, 0.2) is 15.8 Å². The highest BCUT2D eigenvalue weighted by Gasteiger charge is 2.20. The van der Waals surface area contributed by atoms with Crippen LogP contribution in [0, 0.1) is 6.92 Å². The van der Waals surface area contributed by atoms with Crippen LogP contribution in [0.3, 0.4) is 0 Å². The van der Waals surface area contributed by atoms with Gasteiger partial charge in [-0.05, 0) is 18.1 Å². The molecule has 0 aliphatic heterocycles. The largest absolute Gasteiger partial charge is 0.456 e. The van der Waals surface area contributed by atoms with Crippen LogP contribution in [0.4, 0.5) is 0 Å². The highest BCUT2D eigenvalue weighted by molar-refractivity contribution is 7.15. The minimum atomic E-state index is -0.468. The number of ether oxygens (including phenoxy) is 1. The number of halogens is 1. The zero-order chi connectivity index (χ0) is 14.1. The lowest BCUT2D eigenvalue weighted by atomic mass is 10.1. The molecule has 20 heavy (non-hydrogen) atoms. The summed E-state index contributed by atoms with van der Waals surface area (Å²) in [5.74, 6) is -0.468. The normalized spacial score (nSPS) is 10.9. The molecular formula is C14H11ClN2O2S. The van der Waals surface area contributed by atoms with Gasteiger partial charge in [0.25, 0.3) is 0 Å². The van der Waals surface area contributed by atoms with Crippen LogP contribution in [0.15, 0.2) is 35.8 Å². The van der Waals surface area contributed by atoms with Gasteiger partial charge >= 0.3 is 5.97 Å². The molecule has 0 fully saturated rings. The van der Waals surface area contributed by atoms with Gasteiger partial charge < -0.3 is 4.74 Å². The Kier molecular flexibility index (Phi) is 3.46. The van der Waals surface area contributed by atoms with E-state index in [9.17, 15) is 4.79 Å². The smallest absolute Gasteiger partial charge is 0.358 e. The second-order valence-electron chi connectivity index (χ2n) is 4.31. The molecule has 0 atom stereocenters. The summed E-state index contributed by atoms with van der Waals surface area (Å²) in [6, 6.07) is 7.77. The molecule has 0 saturated heterocycles. The number of nitrogens with zero attached hydrogens (tertiary/aromatic N) is 2. The van der Waals surface area contributed by atoms with E-state index in [1.165, 1.54) is 11.3 Å². The van der Waals surface area contributed by atoms with Crippen LogP contribution in [0.25, 0.3) is 4.96 Å². The SMILES string of the molecule is Cc1ccccc1COC(=O)c1c(Cl)nc2sccn12. The summed E-state index contributed by atoms with van der Waals surface area (Å²) in [7, 11) is 0. The number of hydrogen-bond acceptors (Lipinski definition) is 4. The van der Waals surface area contributed by atoms with Crippen molar-refractivity contribution in [1.29, 1.82) is 0 Å². The Labute approximate surface area is 124 Å². The maximum absolute atomic E-state index is 12.2. The molecule has 3 aromatic rings. The number of aromatic nitrogens is 2. The second-order valence-corrected chi connectivity index (χ2v) is 5.54. The molecule has 0 amide bonds. The molecule has 0 aliphatic carbocycles. The van der Waals surface area contributed by atoms with E-state index in [0.717, 1.165) is 11.1 Å². The van der Waals surface area contributed by atoms with Crippen molar-refractivity contribution in [2.45, 2.75) is 13.5 Å². The molecule has 0 bridgehead atoms. The van der Waals surface area contributed by atoms with Gasteiger partial charge in [-0.25, -0.2) is 9.78 Å². The van der Waals surface area contributed by atoms with E-state index in [1.807, 2.05) is 36.6 Å². The van der Waals surface area contributed by atoms with E-state index in [4.69, 9.17) is 16.3 Å². The molecule has 2 heterocycles. The van der Waals surface area contributed by atoms with E-state index < -0.39 is 5.97 Å². The van der Waals surface area contributed by atoms with Gasteiger partial charge in [-0.1, -0.05) is 35.9 Å². The number of aryl methyl sites for hydroxylation is 1. The molecular weight excluding hydrogens is 296 g/mol. The Morgan fingerprint density at radius 2 is 2.25 bits per heavy atom. The van der Waals surface area contributed by atoms with Crippen molar-refractivity contribution in [2.75, 3.05) is 0 Å². The molecule has 1 aromatic carbocycles. The number of fused-ring (bicyclic) bond motifs is 1. The zero-order valence-corrected chi connectivity index (χ0v) is 12.2. The van der Waals surface area contributed by atoms with Crippen LogP contribution in [0.5, 0.6) is 0 Å². The van der Waals surface area contributed by atoms with Crippen molar-refractivity contribution < 1.29 is 9.53 Å². The van der Waals surface area contributed by atoms with E-state index in [1.54, 1.807) is 10.6 Å². The molecule has 3 rings (SSSR count). The van der Waals surface area contributed by atoms with Crippen LogP contribution in [-0.2, 0) is 11.3 Å². The third-order valence-corrected chi connectivity index (χ3v) is 4.05. The maximum Gasteiger partial charge on any atom is 0.358 e. The molecule has 6 heteroatoms. The molecule has 0 saturated carbocycles. The highest BCUT2D eigenvalue weighted by Crippen LogP contribution is 2.22. The third-order valence-electron chi connectivity index (χ3n) is 3.03. The zero-order valence-electron chi connectivity index (χ0n) is 10.7. The monoisotopic (exact) mass is 306 g/mol. The van der Waals surface area contributed by atoms with Crippen molar-refractivity contribution in [2.24, 2.45) is 0 Å². The number of thiazole rings is 1. The molecule has 0 N–H and O–H groups in total. The van der Waals surface area contributed by atoms with E-state index in [0.29, 0.717) is 4.96 Å². The first-order valence-electron chi connectivity index (χ1n) is 5.99. The molecule has 0 spiro atoms. The van der Waals surface area contributed by atoms with Gasteiger partial charge in [0.05, 0.1) is 0 Å². The van der Waals surface area contributed by atoms with Gasteiger partial charge in [0, 0.05) is 11.6 Å². The minimum Gasteiger partial charge on any atom is -0.456 e. The van der Waals surface area contributed by atoms with Gasteiger partial charge in [0.2, 0.25) is 0 Å². The fourth-order valence-electron chi connectivity index (χ4n) is 1.93. The number of esters is 1. The summed E-state index contributed by atoms with van der Waals surface area (Å²) in [6.07, 6.45) is 1.75. The fraction of sp³-hybridized carbons (Fsp3) is 0.143. The first kappa shape index (κ1) is 13.1. The average molecular weight is 307 g/mol. The van der Waals surface area contributed by atoms with Gasteiger partial charge in [-0.3, -0.25) is 4.40 Å². The number of imidazole rings is 1. The standard InChI is InChI=1S/C14H11ClN2O2S/c1-9-4-2-3-5-10(9)8-19-13(18)11-12(15)16-14-17(11)6-7-20-14/h2-7H,8H2,1H3. The van der Waals surface area contributed by atoms with E-state index in [-0.39, 0.29) is 17.5 Å². The minimum absolute atomic E-state index is 0.173. The number of carbonyl (C=O) groups excluding carboxylic acids is 1. The van der Waals surface area contributed by atoms with Gasteiger partial charge in [-0.15, -0.1) is 11.3 Å². The number of carbonyl (C=O) groups is 1. The van der Waals surface area contributed by atoms with E-state index in [2.05, 4.69) is 4.98 Å². The predicted octanol–water partition coefficient (Wildman–Crippen LogP) is 3.71. The van der Waals surface area contributed by atoms with Crippen molar-refractivity contribution in [3.63, 3.8) is 0 Å². The summed E-state index contributed by atoms with van der Waals surface area (Å²) in [5, 5.41) is 2.02. The van der Waals surface area contributed by atoms with Crippen LogP contribution < -0.4 is 0 Å². The summed E-state index contributed by atoms with van der Waals surface area (Å²) < 4.78 is 6.98. The summed E-state index contributed by atoms with van der Waals surface area (Å²) in [6.45, 7) is 2.20.